The molecule has 29 heavy (non-hydrogen) atoms. The molecule has 1 N–H and O–H groups in total. The van der Waals surface area contributed by atoms with Crippen LogP contribution in [0.2, 0.25) is 0 Å². The third-order valence-electron chi connectivity index (χ3n) is 5.14. The maximum absolute atomic E-state index is 14.1. The van der Waals surface area contributed by atoms with E-state index in [0.29, 0.717) is 12.5 Å². The van der Waals surface area contributed by atoms with Gasteiger partial charge in [0.15, 0.2) is 0 Å². The molecule has 0 spiro atoms. The first-order valence-electron chi connectivity index (χ1n) is 10.0. The number of hydrogen-bond acceptors (Lipinski definition) is 7. The summed E-state index contributed by atoms with van der Waals surface area (Å²) in [6, 6.07) is 1.43. The zero-order chi connectivity index (χ0) is 20.8. The number of rotatable bonds is 6. The Labute approximate surface area is 170 Å². The lowest BCUT2D eigenvalue weighted by Crippen LogP contribution is -2.56. The lowest BCUT2D eigenvalue weighted by molar-refractivity contribution is -0.135. The fraction of sp³-hybridized carbons (Fsp3) is 0.684. The quantitative estimate of drug-likeness (QED) is 0.662. The van der Waals surface area contributed by atoms with E-state index in [4.69, 9.17) is 0 Å². The molecule has 0 radical (unpaired) electrons. The molecule has 0 saturated carbocycles. The van der Waals surface area contributed by atoms with Gasteiger partial charge in [0, 0.05) is 57.6 Å². The minimum Gasteiger partial charge on any atom is -0.350 e. The van der Waals surface area contributed by atoms with Crippen molar-refractivity contribution in [2.24, 2.45) is 0 Å². The van der Waals surface area contributed by atoms with Crippen molar-refractivity contribution in [2.45, 2.75) is 18.6 Å². The molecule has 1 aromatic rings. The third-order valence-corrected chi connectivity index (χ3v) is 5.14. The number of anilines is 1. The summed E-state index contributed by atoms with van der Waals surface area (Å²) in [6.45, 7) is 3.93. The fourth-order valence-corrected chi connectivity index (χ4v) is 3.75. The monoisotopic (exact) mass is 407 g/mol. The Morgan fingerprint density at radius 3 is 2.52 bits per heavy atom. The van der Waals surface area contributed by atoms with Gasteiger partial charge in [-0.05, 0) is 20.2 Å². The van der Waals surface area contributed by atoms with Gasteiger partial charge in [0.05, 0.1) is 19.6 Å². The molecule has 0 aliphatic carbocycles. The Morgan fingerprint density at radius 1 is 1.17 bits per heavy atom. The van der Waals surface area contributed by atoms with Crippen molar-refractivity contribution in [3.8, 4) is 0 Å². The third kappa shape index (κ3) is 6.33. The maximum atomic E-state index is 14.1. The van der Waals surface area contributed by atoms with Gasteiger partial charge in [-0.15, -0.1) is 0 Å². The molecule has 1 aromatic heterocycles. The van der Waals surface area contributed by atoms with Crippen LogP contribution in [0.25, 0.3) is 0 Å². The summed E-state index contributed by atoms with van der Waals surface area (Å²) >= 11 is 0. The van der Waals surface area contributed by atoms with Crippen LogP contribution in [0, 0.1) is 0 Å². The Bertz CT molecular complexity index is 682. The molecule has 2 saturated heterocycles. The predicted molar refractivity (Wildman–Crippen MR) is 107 cm³/mol. The first-order chi connectivity index (χ1) is 13.9. The number of likely N-dealkylation sites (tertiary alicyclic amines) is 1. The van der Waals surface area contributed by atoms with Gasteiger partial charge in [-0.3, -0.25) is 14.5 Å². The number of amides is 2. The molecule has 3 rings (SSSR count). The summed E-state index contributed by atoms with van der Waals surface area (Å²) in [5.41, 5.74) is 0. The van der Waals surface area contributed by atoms with Crippen LogP contribution in [0.1, 0.15) is 6.42 Å². The van der Waals surface area contributed by atoms with Crippen molar-refractivity contribution in [2.75, 3.05) is 71.4 Å². The number of aromatic nitrogens is 2. The molecule has 0 aromatic carbocycles. The maximum Gasteiger partial charge on any atom is 0.236 e. The second-order valence-corrected chi connectivity index (χ2v) is 7.95. The average Bonchev–Trinajstić information content (AvgIpc) is 2.68. The fourth-order valence-electron chi connectivity index (χ4n) is 3.75. The Hall–Kier alpha value is -2.33. The van der Waals surface area contributed by atoms with Crippen LogP contribution in [0.3, 0.4) is 0 Å². The molecule has 160 valence electrons. The Morgan fingerprint density at radius 2 is 1.86 bits per heavy atom. The number of likely N-dealkylation sites (N-methyl/N-ethyl adjacent to an activating group) is 1. The molecule has 2 aliphatic rings. The van der Waals surface area contributed by atoms with Crippen LogP contribution in [0.15, 0.2) is 18.5 Å². The number of carbonyl (C=O) groups is 2. The lowest BCUT2D eigenvalue weighted by atomic mass is 10.0. The first-order valence-corrected chi connectivity index (χ1v) is 10.0. The van der Waals surface area contributed by atoms with Crippen LogP contribution in [-0.2, 0) is 9.59 Å². The molecule has 2 atom stereocenters. The van der Waals surface area contributed by atoms with Crippen molar-refractivity contribution < 1.29 is 14.0 Å². The average molecular weight is 407 g/mol. The second-order valence-electron chi connectivity index (χ2n) is 7.95. The molecule has 3 heterocycles. The minimum atomic E-state index is -1.12. The summed E-state index contributed by atoms with van der Waals surface area (Å²) < 4.78 is 14.1. The second kappa shape index (κ2) is 9.93. The summed E-state index contributed by atoms with van der Waals surface area (Å²) in [4.78, 5) is 40.7. The molecule has 2 aliphatic heterocycles. The van der Waals surface area contributed by atoms with Crippen molar-refractivity contribution >= 4 is 17.8 Å². The van der Waals surface area contributed by atoms with Gasteiger partial charge in [0.2, 0.25) is 17.8 Å². The number of nitrogens with zero attached hydrogens (tertiary/aromatic N) is 6. The number of piperazine rings is 1. The number of nitrogens with one attached hydrogen (secondary N) is 1. The van der Waals surface area contributed by atoms with E-state index in [0.717, 1.165) is 26.2 Å². The van der Waals surface area contributed by atoms with E-state index in [1.54, 1.807) is 37.5 Å². The Balaban J connectivity index is 1.44. The summed E-state index contributed by atoms with van der Waals surface area (Å²) in [5.74, 6) is 0.458. The molecular formula is C19H30FN7O2. The molecule has 2 amide bonds. The highest BCUT2D eigenvalue weighted by Gasteiger charge is 2.31. The largest absolute Gasteiger partial charge is 0.350 e. The predicted octanol–water partition coefficient (Wildman–Crippen LogP) is -0.785. The van der Waals surface area contributed by atoms with E-state index in [1.165, 1.54) is 4.90 Å². The normalized spacial score (nSPS) is 23.3. The van der Waals surface area contributed by atoms with Crippen molar-refractivity contribution in [3.05, 3.63) is 18.5 Å². The number of hydrogen-bond donors (Lipinski definition) is 1. The van der Waals surface area contributed by atoms with Crippen molar-refractivity contribution in [1.82, 2.24) is 30.0 Å². The van der Waals surface area contributed by atoms with Gasteiger partial charge >= 0.3 is 0 Å². The molecule has 0 unspecified atom stereocenters. The summed E-state index contributed by atoms with van der Waals surface area (Å²) in [5, 5.41) is 2.91. The minimum absolute atomic E-state index is 0.0998. The van der Waals surface area contributed by atoms with Crippen LogP contribution >= 0.6 is 0 Å². The Kier molecular flexibility index (Phi) is 7.32. The smallest absolute Gasteiger partial charge is 0.236 e. The number of alkyl halides is 1. The van der Waals surface area contributed by atoms with E-state index >= 15 is 0 Å². The lowest BCUT2D eigenvalue weighted by Gasteiger charge is -2.37. The topological polar surface area (TPSA) is 84.9 Å². The van der Waals surface area contributed by atoms with E-state index in [2.05, 4.69) is 25.1 Å². The summed E-state index contributed by atoms with van der Waals surface area (Å²) in [7, 11) is 3.61. The van der Waals surface area contributed by atoms with Gasteiger partial charge < -0.3 is 20.0 Å². The van der Waals surface area contributed by atoms with Crippen molar-refractivity contribution in [3.63, 3.8) is 0 Å². The standard InChI is InChI=1S/C19H30FN7O2/c1-24(2)14-18(29)27-11-15(20)10-16(12-27)23-17(28)13-25-6-8-26(9-7-25)19-21-4-3-5-22-19/h3-5,15-16H,6-14H2,1-2H3,(H,23,28)/t15-,16+/m1/s1. The van der Waals surface area contributed by atoms with E-state index in [-0.39, 0.29) is 43.9 Å². The molecule has 0 bridgehead atoms. The van der Waals surface area contributed by atoms with E-state index < -0.39 is 6.17 Å². The number of carbonyl (C=O) groups excluding carboxylic acids is 2. The molecule has 2 fully saturated rings. The highest BCUT2D eigenvalue weighted by atomic mass is 19.1. The molecule has 10 heteroatoms. The van der Waals surface area contributed by atoms with Gasteiger partial charge in [0.25, 0.3) is 0 Å². The van der Waals surface area contributed by atoms with Crippen LogP contribution < -0.4 is 10.2 Å². The van der Waals surface area contributed by atoms with Crippen LogP contribution in [-0.4, -0.2) is 115 Å². The first kappa shape index (κ1) is 21.4. The zero-order valence-electron chi connectivity index (χ0n) is 17.1. The van der Waals surface area contributed by atoms with Crippen LogP contribution in [0.4, 0.5) is 10.3 Å². The van der Waals surface area contributed by atoms with E-state index in [1.807, 2.05) is 0 Å². The van der Waals surface area contributed by atoms with Crippen molar-refractivity contribution in [1.29, 1.82) is 0 Å². The molecular weight excluding hydrogens is 377 g/mol. The number of halogens is 1. The zero-order valence-corrected chi connectivity index (χ0v) is 17.1. The highest BCUT2D eigenvalue weighted by molar-refractivity contribution is 5.80. The summed E-state index contributed by atoms with van der Waals surface area (Å²) in [6.07, 6.45) is 2.57. The molecule has 9 nitrogen and oxygen atoms in total. The van der Waals surface area contributed by atoms with Gasteiger partial charge in [-0.1, -0.05) is 0 Å². The highest BCUT2D eigenvalue weighted by Crippen LogP contribution is 2.15. The number of piperidine rings is 1. The van der Waals surface area contributed by atoms with E-state index in [9.17, 15) is 14.0 Å². The SMILES string of the molecule is CN(C)CC(=O)N1C[C@H](F)C[C@H](NC(=O)CN2CCN(c3ncccn3)CC2)C1. The van der Waals surface area contributed by atoms with Gasteiger partial charge in [-0.25, -0.2) is 14.4 Å². The van der Waals surface area contributed by atoms with Crippen LogP contribution in [0.5, 0.6) is 0 Å². The van der Waals surface area contributed by atoms with Gasteiger partial charge in [-0.2, -0.15) is 0 Å². The van der Waals surface area contributed by atoms with Gasteiger partial charge in [0.1, 0.15) is 6.17 Å².